The molecule has 0 bridgehead atoms. The summed E-state index contributed by atoms with van der Waals surface area (Å²) in [4.78, 5) is 14.9. The molecule has 2 aliphatic carbocycles. The molecule has 0 saturated heterocycles. The first-order valence-electron chi connectivity index (χ1n) is 7.85. The standard InChI is InChI=1S/C17H24N2O2/c1-21-15-8-4-13(5-9-15)12-19(14-6-7-14)16(20)17(18)10-2-3-11-17/h4-5,8-9,14H,2-3,6-7,10-12,18H2,1H3. The van der Waals surface area contributed by atoms with Crippen molar-refractivity contribution >= 4 is 5.91 Å². The summed E-state index contributed by atoms with van der Waals surface area (Å²) in [5.41, 5.74) is 6.88. The Labute approximate surface area is 126 Å². The van der Waals surface area contributed by atoms with E-state index in [9.17, 15) is 4.79 Å². The molecule has 0 heterocycles. The maximum Gasteiger partial charge on any atom is 0.243 e. The number of hydrogen-bond donors (Lipinski definition) is 1. The average Bonchev–Trinajstić information content (AvgIpc) is 3.26. The van der Waals surface area contributed by atoms with E-state index in [1.807, 2.05) is 29.2 Å². The molecule has 4 heteroatoms. The summed E-state index contributed by atoms with van der Waals surface area (Å²) < 4.78 is 5.18. The summed E-state index contributed by atoms with van der Waals surface area (Å²) >= 11 is 0. The molecule has 2 aliphatic rings. The van der Waals surface area contributed by atoms with Gasteiger partial charge in [-0.25, -0.2) is 0 Å². The van der Waals surface area contributed by atoms with Crippen molar-refractivity contribution in [1.82, 2.24) is 4.90 Å². The highest BCUT2D eigenvalue weighted by atomic mass is 16.5. The van der Waals surface area contributed by atoms with Crippen LogP contribution in [0.1, 0.15) is 44.1 Å². The molecule has 2 N–H and O–H groups in total. The third kappa shape index (κ3) is 3.05. The van der Waals surface area contributed by atoms with Gasteiger partial charge in [-0.3, -0.25) is 4.79 Å². The molecule has 0 aromatic heterocycles. The Hall–Kier alpha value is -1.55. The van der Waals surface area contributed by atoms with Crippen LogP contribution in [0.3, 0.4) is 0 Å². The minimum atomic E-state index is -0.616. The third-order valence-electron chi connectivity index (χ3n) is 4.68. The lowest BCUT2D eigenvalue weighted by molar-refractivity contribution is -0.138. The van der Waals surface area contributed by atoms with E-state index in [0.29, 0.717) is 12.6 Å². The van der Waals surface area contributed by atoms with Crippen LogP contribution in [0.5, 0.6) is 5.75 Å². The predicted octanol–water partition coefficient (Wildman–Crippen LogP) is 2.46. The number of methoxy groups -OCH3 is 1. The van der Waals surface area contributed by atoms with E-state index >= 15 is 0 Å². The van der Waals surface area contributed by atoms with Gasteiger partial charge in [-0.05, 0) is 43.4 Å². The van der Waals surface area contributed by atoms with Gasteiger partial charge < -0.3 is 15.4 Å². The van der Waals surface area contributed by atoms with Crippen molar-refractivity contribution in [3.8, 4) is 5.75 Å². The fraction of sp³-hybridized carbons (Fsp3) is 0.588. The van der Waals surface area contributed by atoms with E-state index < -0.39 is 5.54 Å². The monoisotopic (exact) mass is 288 g/mol. The molecule has 1 aromatic rings. The molecule has 2 saturated carbocycles. The summed E-state index contributed by atoms with van der Waals surface area (Å²) in [6, 6.07) is 8.33. The molecular weight excluding hydrogens is 264 g/mol. The maximum atomic E-state index is 12.9. The van der Waals surface area contributed by atoms with Gasteiger partial charge in [0.2, 0.25) is 5.91 Å². The Balaban J connectivity index is 1.73. The molecule has 0 aliphatic heterocycles. The zero-order chi connectivity index (χ0) is 14.9. The van der Waals surface area contributed by atoms with Gasteiger partial charge in [-0.1, -0.05) is 25.0 Å². The van der Waals surface area contributed by atoms with Crippen LogP contribution in [-0.4, -0.2) is 29.5 Å². The molecule has 0 spiro atoms. The van der Waals surface area contributed by atoms with Gasteiger partial charge >= 0.3 is 0 Å². The van der Waals surface area contributed by atoms with Crippen LogP contribution in [-0.2, 0) is 11.3 Å². The van der Waals surface area contributed by atoms with Crippen LogP contribution >= 0.6 is 0 Å². The minimum absolute atomic E-state index is 0.151. The first-order chi connectivity index (χ1) is 10.1. The SMILES string of the molecule is COc1ccc(CN(C(=O)C2(N)CCCC2)C2CC2)cc1. The summed E-state index contributed by atoms with van der Waals surface area (Å²) in [5, 5.41) is 0. The smallest absolute Gasteiger partial charge is 0.243 e. The highest BCUT2D eigenvalue weighted by molar-refractivity contribution is 5.87. The molecular formula is C17H24N2O2. The van der Waals surface area contributed by atoms with Crippen molar-refractivity contribution in [2.45, 2.75) is 56.7 Å². The third-order valence-corrected chi connectivity index (χ3v) is 4.68. The number of carbonyl (C=O) groups excluding carboxylic acids is 1. The Morgan fingerprint density at radius 3 is 2.43 bits per heavy atom. The Bertz CT molecular complexity index is 502. The van der Waals surface area contributed by atoms with Crippen molar-refractivity contribution in [1.29, 1.82) is 0 Å². The van der Waals surface area contributed by atoms with Crippen LogP contribution in [0.2, 0.25) is 0 Å². The van der Waals surface area contributed by atoms with Gasteiger partial charge in [0.25, 0.3) is 0 Å². The van der Waals surface area contributed by atoms with Gasteiger partial charge in [-0.15, -0.1) is 0 Å². The minimum Gasteiger partial charge on any atom is -0.497 e. The van der Waals surface area contributed by atoms with Gasteiger partial charge in [0.15, 0.2) is 0 Å². The molecule has 1 amide bonds. The van der Waals surface area contributed by atoms with E-state index in [1.54, 1.807) is 7.11 Å². The highest BCUT2D eigenvalue weighted by Gasteiger charge is 2.44. The lowest BCUT2D eigenvalue weighted by atomic mass is 9.96. The summed E-state index contributed by atoms with van der Waals surface area (Å²) in [7, 11) is 1.66. The number of amides is 1. The number of nitrogens with zero attached hydrogens (tertiary/aromatic N) is 1. The van der Waals surface area contributed by atoms with Crippen molar-refractivity contribution < 1.29 is 9.53 Å². The number of carbonyl (C=O) groups is 1. The number of hydrogen-bond acceptors (Lipinski definition) is 3. The lowest BCUT2D eigenvalue weighted by Crippen LogP contribution is -2.54. The molecule has 114 valence electrons. The second kappa shape index (κ2) is 5.68. The summed E-state index contributed by atoms with van der Waals surface area (Å²) in [6.45, 7) is 0.659. The Morgan fingerprint density at radius 1 is 1.29 bits per heavy atom. The second-order valence-electron chi connectivity index (χ2n) is 6.38. The Kier molecular flexibility index (Phi) is 3.89. The lowest BCUT2D eigenvalue weighted by Gasteiger charge is -2.32. The number of ether oxygens (including phenoxy) is 1. The fourth-order valence-corrected chi connectivity index (χ4v) is 3.19. The molecule has 1 aromatic carbocycles. The molecule has 3 rings (SSSR count). The highest BCUT2D eigenvalue weighted by Crippen LogP contribution is 2.35. The van der Waals surface area contributed by atoms with Crippen LogP contribution in [0.4, 0.5) is 0 Å². The van der Waals surface area contributed by atoms with Crippen LogP contribution in [0, 0.1) is 0 Å². The van der Waals surface area contributed by atoms with Crippen molar-refractivity contribution in [2.24, 2.45) is 5.73 Å². The first-order valence-corrected chi connectivity index (χ1v) is 7.85. The molecule has 0 radical (unpaired) electrons. The number of benzene rings is 1. The van der Waals surface area contributed by atoms with Crippen molar-refractivity contribution in [3.05, 3.63) is 29.8 Å². The topological polar surface area (TPSA) is 55.6 Å². The van der Waals surface area contributed by atoms with Crippen molar-refractivity contribution in [3.63, 3.8) is 0 Å². The average molecular weight is 288 g/mol. The van der Waals surface area contributed by atoms with Crippen LogP contribution < -0.4 is 10.5 Å². The van der Waals surface area contributed by atoms with E-state index in [2.05, 4.69) is 0 Å². The van der Waals surface area contributed by atoms with Gasteiger partial charge in [0.05, 0.1) is 12.6 Å². The zero-order valence-corrected chi connectivity index (χ0v) is 12.7. The molecule has 4 nitrogen and oxygen atoms in total. The normalized spacial score (nSPS) is 20.3. The van der Waals surface area contributed by atoms with Crippen molar-refractivity contribution in [2.75, 3.05) is 7.11 Å². The fourth-order valence-electron chi connectivity index (χ4n) is 3.19. The summed E-state index contributed by atoms with van der Waals surface area (Å²) in [6.07, 6.45) is 6.03. The van der Waals surface area contributed by atoms with E-state index in [-0.39, 0.29) is 5.91 Å². The van der Waals surface area contributed by atoms with Gasteiger partial charge in [0, 0.05) is 12.6 Å². The van der Waals surface area contributed by atoms with E-state index in [1.165, 1.54) is 0 Å². The predicted molar refractivity (Wildman–Crippen MR) is 82.0 cm³/mol. The second-order valence-corrected chi connectivity index (χ2v) is 6.38. The zero-order valence-electron chi connectivity index (χ0n) is 12.7. The number of nitrogens with two attached hydrogens (primary N) is 1. The van der Waals surface area contributed by atoms with Crippen LogP contribution in [0.15, 0.2) is 24.3 Å². The van der Waals surface area contributed by atoms with Gasteiger partial charge in [0.1, 0.15) is 5.75 Å². The van der Waals surface area contributed by atoms with Gasteiger partial charge in [-0.2, -0.15) is 0 Å². The molecule has 0 unspecified atom stereocenters. The quantitative estimate of drug-likeness (QED) is 0.905. The maximum absolute atomic E-state index is 12.9. The first kappa shape index (κ1) is 14.4. The molecule has 0 atom stereocenters. The van der Waals surface area contributed by atoms with E-state index in [0.717, 1.165) is 49.8 Å². The molecule has 2 fully saturated rings. The van der Waals surface area contributed by atoms with E-state index in [4.69, 9.17) is 10.5 Å². The number of rotatable bonds is 5. The van der Waals surface area contributed by atoms with Crippen LogP contribution in [0.25, 0.3) is 0 Å². The Morgan fingerprint density at radius 2 is 1.90 bits per heavy atom. The summed E-state index contributed by atoms with van der Waals surface area (Å²) in [5.74, 6) is 0.993. The molecule has 21 heavy (non-hydrogen) atoms. The largest absolute Gasteiger partial charge is 0.497 e.